The zero-order valence-corrected chi connectivity index (χ0v) is 14.2. The fourth-order valence-corrected chi connectivity index (χ4v) is 4.07. The largest absolute Gasteiger partial charge is 0.468 e. The van der Waals surface area contributed by atoms with Crippen molar-refractivity contribution in [3.05, 3.63) is 48.4 Å². The maximum Gasteiger partial charge on any atom is 0.291 e. The Kier molecular flexibility index (Phi) is 4.50. The predicted molar refractivity (Wildman–Crippen MR) is 89.7 cm³/mol. The third-order valence-electron chi connectivity index (χ3n) is 5.22. The highest BCUT2D eigenvalue weighted by Gasteiger charge is 2.46. The number of fused-ring (bicyclic) bond motifs is 1. The lowest BCUT2D eigenvalue weighted by Crippen LogP contribution is -2.53. The molecule has 0 spiro atoms. The number of furan rings is 1. The van der Waals surface area contributed by atoms with Crippen LogP contribution in [0.25, 0.3) is 0 Å². The average Bonchev–Trinajstić information content (AvgIpc) is 3.31. The molecule has 0 unspecified atom stereocenters. The molecule has 7 nitrogen and oxygen atoms in total. The van der Waals surface area contributed by atoms with Crippen LogP contribution >= 0.6 is 0 Å². The maximum atomic E-state index is 12.9. The van der Waals surface area contributed by atoms with Gasteiger partial charge in [-0.1, -0.05) is 0 Å². The summed E-state index contributed by atoms with van der Waals surface area (Å²) in [5.74, 6) is 1.41. The monoisotopic (exact) mass is 342 g/mol. The third kappa shape index (κ3) is 3.17. The predicted octanol–water partition coefficient (Wildman–Crippen LogP) is 1.43. The molecule has 2 aromatic heterocycles. The highest BCUT2D eigenvalue weighted by Crippen LogP contribution is 2.33. The van der Waals surface area contributed by atoms with Gasteiger partial charge in [0, 0.05) is 45.1 Å². The van der Waals surface area contributed by atoms with Crippen molar-refractivity contribution < 1.29 is 13.9 Å². The van der Waals surface area contributed by atoms with Crippen LogP contribution in [0.3, 0.4) is 0 Å². The molecule has 0 N–H and O–H groups in total. The SMILES string of the molecule is CO[C@H]1CCN(C(=O)c2ncccn2)[C@@H]2CN(Cc3ccco3)C[C@H]12. The molecule has 2 aliphatic heterocycles. The standard InChI is InChI=1S/C18H22N4O3/c1-24-16-5-8-22(18(23)17-19-6-3-7-20-17)15-12-21(11-14(15)16)10-13-4-2-9-25-13/h2-4,6-7,9,14-16H,5,8,10-12H2,1H3/t14-,15+,16-/m0/s1. The minimum Gasteiger partial charge on any atom is -0.468 e. The first kappa shape index (κ1) is 16.2. The molecule has 0 aliphatic carbocycles. The molecule has 0 saturated carbocycles. The number of aromatic nitrogens is 2. The molecule has 0 radical (unpaired) electrons. The number of likely N-dealkylation sites (tertiary alicyclic amines) is 2. The Morgan fingerprint density at radius 3 is 2.88 bits per heavy atom. The lowest BCUT2D eigenvalue weighted by Gasteiger charge is -2.40. The second-order valence-electron chi connectivity index (χ2n) is 6.64. The molecular weight excluding hydrogens is 320 g/mol. The highest BCUT2D eigenvalue weighted by atomic mass is 16.5. The molecule has 0 aromatic carbocycles. The van der Waals surface area contributed by atoms with E-state index in [4.69, 9.17) is 9.15 Å². The van der Waals surface area contributed by atoms with Gasteiger partial charge in [-0.15, -0.1) is 0 Å². The van der Waals surface area contributed by atoms with E-state index in [0.717, 1.165) is 31.8 Å². The summed E-state index contributed by atoms with van der Waals surface area (Å²) < 4.78 is 11.2. The quantitative estimate of drug-likeness (QED) is 0.837. The van der Waals surface area contributed by atoms with E-state index < -0.39 is 0 Å². The van der Waals surface area contributed by atoms with E-state index in [-0.39, 0.29) is 23.9 Å². The lowest BCUT2D eigenvalue weighted by atomic mass is 9.89. The Bertz CT molecular complexity index is 706. The van der Waals surface area contributed by atoms with E-state index in [1.165, 1.54) is 0 Å². The van der Waals surface area contributed by atoms with Gasteiger partial charge in [-0.05, 0) is 24.6 Å². The molecule has 2 saturated heterocycles. The number of rotatable bonds is 4. The molecule has 7 heteroatoms. The van der Waals surface area contributed by atoms with Crippen LogP contribution in [-0.2, 0) is 11.3 Å². The number of methoxy groups -OCH3 is 1. The second kappa shape index (κ2) is 6.93. The molecule has 2 aliphatic rings. The Balaban J connectivity index is 1.53. The zero-order valence-electron chi connectivity index (χ0n) is 14.2. The van der Waals surface area contributed by atoms with Crippen LogP contribution in [-0.4, -0.2) is 64.6 Å². The van der Waals surface area contributed by atoms with Gasteiger partial charge in [-0.25, -0.2) is 9.97 Å². The summed E-state index contributed by atoms with van der Waals surface area (Å²) in [6, 6.07) is 5.72. The lowest BCUT2D eigenvalue weighted by molar-refractivity contribution is -0.0161. The topological polar surface area (TPSA) is 71.7 Å². The third-order valence-corrected chi connectivity index (χ3v) is 5.22. The number of carbonyl (C=O) groups is 1. The minimum absolute atomic E-state index is 0.0926. The summed E-state index contributed by atoms with van der Waals surface area (Å²) in [6.45, 7) is 3.12. The van der Waals surface area contributed by atoms with Crippen LogP contribution in [0.2, 0.25) is 0 Å². The zero-order chi connectivity index (χ0) is 17.2. The van der Waals surface area contributed by atoms with E-state index in [1.807, 2.05) is 17.0 Å². The summed E-state index contributed by atoms with van der Waals surface area (Å²) in [5.41, 5.74) is 0. The van der Waals surface area contributed by atoms with Crippen molar-refractivity contribution in [2.24, 2.45) is 5.92 Å². The Morgan fingerprint density at radius 2 is 2.16 bits per heavy atom. The van der Waals surface area contributed by atoms with Crippen molar-refractivity contribution in [1.82, 2.24) is 19.8 Å². The van der Waals surface area contributed by atoms with Gasteiger partial charge in [0.2, 0.25) is 5.82 Å². The number of ether oxygens (including phenoxy) is 1. The molecule has 2 aromatic rings. The number of carbonyl (C=O) groups excluding carboxylic acids is 1. The van der Waals surface area contributed by atoms with Gasteiger partial charge in [0.1, 0.15) is 5.76 Å². The first-order valence-corrected chi connectivity index (χ1v) is 8.62. The number of hydrogen-bond acceptors (Lipinski definition) is 6. The summed E-state index contributed by atoms with van der Waals surface area (Å²) in [6.07, 6.45) is 5.92. The minimum atomic E-state index is -0.0926. The number of nitrogens with zero attached hydrogens (tertiary/aromatic N) is 4. The normalized spacial score (nSPS) is 26.6. The Labute approximate surface area is 146 Å². The van der Waals surface area contributed by atoms with Gasteiger partial charge >= 0.3 is 0 Å². The molecule has 4 rings (SSSR count). The molecule has 3 atom stereocenters. The molecule has 1 amide bonds. The van der Waals surface area contributed by atoms with Crippen LogP contribution < -0.4 is 0 Å². The molecule has 0 bridgehead atoms. The van der Waals surface area contributed by atoms with Crippen molar-refractivity contribution in [3.63, 3.8) is 0 Å². The van der Waals surface area contributed by atoms with Crippen LogP contribution in [0.15, 0.2) is 41.3 Å². The van der Waals surface area contributed by atoms with Gasteiger partial charge in [-0.3, -0.25) is 9.69 Å². The molecule has 25 heavy (non-hydrogen) atoms. The van der Waals surface area contributed by atoms with Crippen molar-refractivity contribution in [2.45, 2.75) is 25.1 Å². The molecule has 132 valence electrons. The molecular formula is C18H22N4O3. The Hall–Kier alpha value is -2.25. The summed E-state index contributed by atoms with van der Waals surface area (Å²) in [4.78, 5) is 25.4. The first-order valence-electron chi connectivity index (χ1n) is 8.62. The first-order chi connectivity index (χ1) is 12.3. The fraction of sp³-hybridized carbons (Fsp3) is 0.500. The number of amides is 1. The van der Waals surface area contributed by atoms with Crippen LogP contribution in [0.1, 0.15) is 22.8 Å². The number of hydrogen-bond donors (Lipinski definition) is 0. The summed E-state index contributed by atoms with van der Waals surface area (Å²) >= 11 is 0. The van der Waals surface area contributed by atoms with Crippen molar-refractivity contribution in [1.29, 1.82) is 0 Å². The number of piperidine rings is 1. The molecule has 4 heterocycles. The summed E-state index contributed by atoms with van der Waals surface area (Å²) in [5, 5.41) is 0. The van der Waals surface area contributed by atoms with Crippen molar-refractivity contribution in [2.75, 3.05) is 26.7 Å². The van der Waals surface area contributed by atoms with E-state index in [0.29, 0.717) is 12.5 Å². The van der Waals surface area contributed by atoms with Crippen molar-refractivity contribution in [3.8, 4) is 0 Å². The van der Waals surface area contributed by atoms with Crippen LogP contribution in [0.4, 0.5) is 0 Å². The van der Waals surface area contributed by atoms with Crippen LogP contribution in [0, 0.1) is 5.92 Å². The summed E-state index contributed by atoms with van der Waals surface area (Å²) in [7, 11) is 1.76. The van der Waals surface area contributed by atoms with E-state index in [9.17, 15) is 4.79 Å². The van der Waals surface area contributed by atoms with E-state index >= 15 is 0 Å². The van der Waals surface area contributed by atoms with Gasteiger partial charge in [0.05, 0.1) is 25.0 Å². The maximum absolute atomic E-state index is 12.9. The van der Waals surface area contributed by atoms with Crippen molar-refractivity contribution >= 4 is 5.91 Å². The van der Waals surface area contributed by atoms with Crippen LogP contribution in [0.5, 0.6) is 0 Å². The average molecular weight is 342 g/mol. The van der Waals surface area contributed by atoms with Gasteiger partial charge < -0.3 is 14.1 Å². The Morgan fingerprint density at radius 1 is 1.32 bits per heavy atom. The fourth-order valence-electron chi connectivity index (χ4n) is 4.07. The van der Waals surface area contributed by atoms with E-state index in [1.54, 1.807) is 31.8 Å². The second-order valence-corrected chi connectivity index (χ2v) is 6.64. The van der Waals surface area contributed by atoms with E-state index in [2.05, 4.69) is 14.9 Å². The van der Waals surface area contributed by atoms with Gasteiger partial charge in [0.15, 0.2) is 0 Å². The molecule has 2 fully saturated rings. The van der Waals surface area contributed by atoms with Gasteiger partial charge in [-0.2, -0.15) is 0 Å². The van der Waals surface area contributed by atoms with Gasteiger partial charge in [0.25, 0.3) is 5.91 Å². The highest BCUT2D eigenvalue weighted by molar-refractivity contribution is 5.90. The smallest absolute Gasteiger partial charge is 0.291 e.